The molecule has 0 aromatic rings. The molecular weight excluding hydrogens is 615 g/mol. The number of nitrogens with one attached hydrogen (secondary N) is 1. The molecule has 1 N–H and O–H groups in total. The lowest BCUT2D eigenvalue weighted by Crippen LogP contribution is -2.42. The molecule has 51 heavy (non-hydrogen) atoms. The fourth-order valence-electron chi connectivity index (χ4n) is 12.0. The molecule has 7 aliphatic carbocycles. The van der Waals surface area contributed by atoms with Crippen LogP contribution in [-0.2, 0) is 0 Å². The normalized spacial score (nSPS) is 32.6. The van der Waals surface area contributed by atoms with Crippen LogP contribution in [0.5, 0.6) is 0 Å². The molecule has 282 valence electrons. The summed E-state index contributed by atoms with van der Waals surface area (Å²) in [5.41, 5.74) is 12.9. The Kier molecular flexibility index (Phi) is 12.8. The first-order valence-electron chi connectivity index (χ1n) is 22.7. The Bertz CT molecular complexity index is 1380. The Morgan fingerprint density at radius 2 is 1.43 bits per heavy atom. The molecule has 0 saturated heterocycles. The van der Waals surface area contributed by atoms with Crippen molar-refractivity contribution in [2.45, 2.75) is 201 Å². The molecule has 0 radical (unpaired) electrons. The van der Waals surface area contributed by atoms with Gasteiger partial charge >= 0.3 is 0 Å². The first-order chi connectivity index (χ1) is 24.8. The van der Waals surface area contributed by atoms with E-state index < -0.39 is 0 Å². The summed E-state index contributed by atoms with van der Waals surface area (Å²) in [6, 6.07) is 1.51. The SMILES string of the molecule is CCC(C)(CC)C1CC=C(C2=CC=C(CC(CC3=CCC(C4=CCC(NC5CCC(C6CCC7=C(CC7)C6)CC5)CC4)CC3)C(C)C)CC2)CC1. The lowest BCUT2D eigenvalue weighted by Gasteiger charge is -2.41. The Labute approximate surface area is 315 Å². The zero-order valence-electron chi connectivity index (χ0n) is 34.0. The maximum atomic E-state index is 4.16. The molecular formula is C50H77N. The molecule has 7 rings (SSSR count). The molecule has 1 heteroatoms. The highest BCUT2D eigenvalue weighted by Gasteiger charge is 2.35. The van der Waals surface area contributed by atoms with E-state index in [1.54, 1.807) is 27.9 Å². The van der Waals surface area contributed by atoms with Gasteiger partial charge in [-0.2, -0.15) is 0 Å². The third-order valence-electron chi connectivity index (χ3n) is 16.6. The third kappa shape index (κ3) is 9.20. The molecule has 0 heterocycles. The van der Waals surface area contributed by atoms with Crippen molar-refractivity contribution in [2.24, 2.45) is 40.9 Å². The van der Waals surface area contributed by atoms with Crippen LogP contribution in [-0.4, -0.2) is 12.1 Å². The average molecular weight is 692 g/mol. The summed E-state index contributed by atoms with van der Waals surface area (Å²) in [5, 5.41) is 4.16. The van der Waals surface area contributed by atoms with Crippen molar-refractivity contribution >= 4 is 0 Å². The summed E-state index contributed by atoms with van der Waals surface area (Å²) in [7, 11) is 0. The summed E-state index contributed by atoms with van der Waals surface area (Å²) in [5.74, 6) is 5.27. The van der Waals surface area contributed by atoms with Crippen molar-refractivity contribution in [1.82, 2.24) is 5.32 Å². The van der Waals surface area contributed by atoms with Crippen LogP contribution in [0.1, 0.15) is 189 Å². The molecule has 5 atom stereocenters. The van der Waals surface area contributed by atoms with Gasteiger partial charge in [-0.3, -0.25) is 0 Å². The highest BCUT2D eigenvalue weighted by Crippen LogP contribution is 2.48. The summed E-state index contributed by atoms with van der Waals surface area (Å²) in [6.07, 6.45) is 46.0. The van der Waals surface area contributed by atoms with E-state index in [2.05, 4.69) is 70.3 Å². The van der Waals surface area contributed by atoms with Gasteiger partial charge < -0.3 is 5.32 Å². The van der Waals surface area contributed by atoms with Crippen LogP contribution in [0.25, 0.3) is 0 Å². The van der Waals surface area contributed by atoms with Gasteiger partial charge in [-0.25, -0.2) is 0 Å². The number of hydrogen-bond donors (Lipinski definition) is 1. The van der Waals surface area contributed by atoms with Crippen molar-refractivity contribution in [1.29, 1.82) is 0 Å². The van der Waals surface area contributed by atoms with Crippen LogP contribution in [0, 0.1) is 40.9 Å². The van der Waals surface area contributed by atoms with Gasteiger partial charge in [-0.15, -0.1) is 0 Å². The minimum Gasteiger partial charge on any atom is -0.311 e. The van der Waals surface area contributed by atoms with Crippen LogP contribution in [0.3, 0.4) is 0 Å². The highest BCUT2D eigenvalue weighted by molar-refractivity contribution is 5.39. The van der Waals surface area contributed by atoms with Crippen molar-refractivity contribution in [2.75, 3.05) is 0 Å². The maximum absolute atomic E-state index is 4.16. The Hall–Kier alpha value is -1.60. The quantitative estimate of drug-likeness (QED) is 0.190. The molecule has 0 aromatic heterocycles. The van der Waals surface area contributed by atoms with Gasteiger partial charge in [-0.05, 0) is 193 Å². The van der Waals surface area contributed by atoms with E-state index in [1.165, 1.54) is 154 Å². The standard InChI is InChI=1S/C50H77N/c1-6-50(5,7-2)47-26-20-40(21-27-47)38-12-8-36(9-13-38)32-46(35(3)4)33-37-10-14-39(15-11-37)41-22-28-48(29-23-41)51-49-30-24-43(25-31-49)45-19-17-42-16-18-44(42)34-45/h8,10,12,20,22,35,39,43,45-49,51H,6-7,9,11,13-19,21,23-34H2,1-5H3. The van der Waals surface area contributed by atoms with Crippen LogP contribution in [0.4, 0.5) is 0 Å². The second-order valence-electron chi connectivity index (χ2n) is 19.6. The predicted octanol–water partition coefficient (Wildman–Crippen LogP) is 14.5. The minimum absolute atomic E-state index is 0.524. The van der Waals surface area contributed by atoms with Gasteiger partial charge in [0.2, 0.25) is 0 Å². The molecule has 1 fully saturated rings. The Morgan fingerprint density at radius 1 is 0.627 bits per heavy atom. The fraction of sp³-hybridized carbons (Fsp3) is 0.760. The maximum Gasteiger partial charge on any atom is 0.0107 e. The number of allylic oxidation sites excluding steroid dienone is 11. The summed E-state index contributed by atoms with van der Waals surface area (Å²) in [6.45, 7) is 12.3. The van der Waals surface area contributed by atoms with Crippen LogP contribution >= 0.6 is 0 Å². The molecule has 7 aliphatic rings. The lowest BCUT2D eigenvalue weighted by molar-refractivity contribution is 0.155. The van der Waals surface area contributed by atoms with Crippen molar-refractivity contribution in [3.8, 4) is 0 Å². The van der Waals surface area contributed by atoms with Crippen molar-refractivity contribution < 1.29 is 0 Å². The van der Waals surface area contributed by atoms with E-state index in [0.717, 1.165) is 47.6 Å². The Morgan fingerprint density at radius 3 is 2.02 bits per heavy atom. The molecule has 0 amide bonds. The van der Waals surface area contributed by atoms with Gasteiger partial charge in [0.1, 0.15) is 0 Å². The highest BCUT2D eigenvalue weighted by atomic mass is 15.0. The molecule has 0 aliphatic heterocycles. The predicted molar refractivity (Wildman–Crippen MR) is 221 cm³/mol. The lowest BCUT2D eigenvalue weighted by atomic mass is 9.67. The third-order valence-corrected chi connectivity index (χ3v) is 16.6. The van der Waals surface area contributed by atoms with Crippen LogP contribution in [0.15, 0.2) is 69.4 Å². The molecule has 1 nitrogen and oxygen atoms in total. The number of rotatable bonds is 13. The topological polar surface area (TPSA) is 12.0 Å². The van der Waals surface area contributed by atoms with Gasteiger partial charge in [0, 0.05) is 12.1 Å². The van der Waals surface area contributed by atoms with Gasteiger partial charge in [0.25, 0.3) is 0 Å². The fourth-order valence-corrected chi connectivity index (χ4v) is 12.0. The first kappa shape index (κ1) is 37.7. The smallest absolute Gasteiger partial charge is 0.0107 e. The van der Waals surface area contributed by atoms with Crippen LogP contribution in [0.2, 0.25) is 0 Å². The van der Waals surface area contributed by atoms with Gasteiger partial charge in [-0.1, -0.05) is 106 Å². The zero-order chi connectivity index (χ0) is 35.4. The molecule has 0 spiro atoms. The van der Waals surface area contributed by atoms with Gasteiger partial charge in [0.05, 0.1) is 0 Å². The molecule has 1 saturated carbocycles. The van der Waals surface area contributed by atoms with E-state index in [1.807, 2.05) is 11.1 Å². The Balaban J connectivity index is 0.834. The van der Waals surface area contributed by atoms with Crippen LogP contribution < -0.4 is 5.32 Å². The van der Waals surface area contributed by atoms with Crippen molar-refractivity contribution in [3.63, 3.8) is 0 Å². The molecule has 5 unspecified atom stereocenters. The largest absolute Gasteiger partial charge is 0.311 e. The monoisotopic (exact) mass is 692 g/mol. The summed E-state index contributed by atoms with van der Waals surface area (Å²) >= 11 is 0. The summed E-state index contributed by atoms with van der Waals surface area (Å²) in [4.78, 5) is 0. The van der Waals surface area contributed by atoms with E-state index in [0.29, 0.717) is 5.41 Å². The van der Waals surface area contributed by atoms with E-state index in [4.69, 9.17) is 0 Å². The molecule has 0 aromatic carbocycles. The van der Waals surface area contributed by atoms with Gasteiger partial charge in [0.15, 0.2) is 0 Å². The first-order valence-corrected chi connectivity index (χ1v) is 22.7. The second-order valence-corrected chi connectivity index (χ2v) is 19.6. The second kappa shape index (κ2) is 17.2. The van der Waals surface area contributed by atoms with E-state index >= 15 is 0 Å². The molecule has 0 bridgehead atoms. The number of hydrogen-bond acceptors (Lipinski definition) is 1. The van der Waals surface area contributed by atoms with E-state index in [9.17, 15) is 0 Å². The van der Waals surface area contributed by atoms with E-state index in [-0.39, 0.29) is 0 Å². The van der Waals surface area contributed by atoms with Crippen molar-refractivity contribution in [3.05, 3.63) is 69.4 Å². The minimum atomic E-state index is 0.524. The average Bonchev–Trinajstić information content (AvgIpc) is 3.16. The zero-order valence-corrected chi connectivity index (χ0v) is 34.0. The summed E-state index contributed by atoms with van der Waals surface area (Å²) < 4.78 is 0.